The van der Waals surface area contributed by atoms with Gasteiger partial charge in [-0.1, -0.05) is 0 Å². The summed E-state index contributed by atoms with van der Waals surface area (Å²) in [7, 11) is 1.65. The number of aromatic amines is 1. The van der Waals surface area contributed by atoms with Crippen LogP contribution in [0.1, 0.15) is 25.0 Å². The van der Waals surface area contributed by atoms with Crippen molar-refractivity contribution in [3.8, 4) is 22.9 Å². The van der Waals surface area contributed by atoms with E-state index in [1.54, 1.807) is 7.11 Å². The number of rotatable bonds is 4. The van der Waals surface area contributed by atoms with Gasteiger partial charge in [0.25, 0.3) is 0 Å². The van der Waals surface area contributed by atoms with Crippen LogP contribution in [0.4, 0.5) is 0 Å². The molecule has 0 aliphatic carbocycles. The van der Waals surface area contributed by atoms with Crippen molar-refractivity contribution in [1.82, 2.24) is 9.97 Å². The van der Waals surface area contributed by atoms with Crippen LogP contribution in [-0.2, 0) is 0 Å². The van der Waals surface area contributed by atoms with E-state index in [9.17, 15) is 0 Å². The summed E-state index contributed by atoms with van der Waals surface area (Å²) in [4.78, 5) is 8.08. The molecule has 120 valence electrons. The van der Waals surface area contributed by atoms with Crippen LogP contribution in [0.25, 0.3) is 22.4 Å². The molecule has 4 nitrogen and oxygen atoms in total. The van der Waals surface area contributed by atoms with Gasteiger partial charge in [-0.3, -0.25) is 0 Å². The topological polar surface area (TPSA) is 47.1 Å². The summed E-state index contributed by atoms with van der Waals surface area (Å²) in [5.41, 5.74) is 5.50. The Morgan fingerprint density at radius 2 is 1.74 bits per heavy atom. The largest absolute Gasteiger partial charge is 0.493 e. The number of ether oxygens (including phenoxy) is 2. The summed E-state index contributed by atoms with van der Waals surface area (Å²) in [5.74, 6) is 2.29. The molecule has 3 rings (SSSR count). The Hall–Kier alpha value is -2.49. The van der Waals surface area contributed by atoms with Gasteiger partial charge in [-0.15, -0.1) is 0 Å². The van der Waals surface area contributed by atoms with E-state index >= 15 is 0 Å². The highest BCUT2D eigenvalue weighted by Crippen LogP contribution is 2.33. The highest BCUT2D eigenvalue weighted by atomic mass is 16.5. The summed E-state index contributed by atoms with van der Waals surface area (Å²) >= 11 is 0. The van der Waals surface area contributed by atoms with Crippen molar-refractivity contribution in [2.45, 2.75) is 33.8 Å². The SMILES string of the molecule is COc1cc(-c2nc3cc(C)c(C)cc3[nH]2)ccc1OC(C)C. The first-order valence-electron chi connectivity index (χ1n) is 7.80. The maximum absolute atomic E-state index is 5.76. The van der Waals surface area contributed by atoms with Gasteiger partial charge in [0, 0.05) is 5.56 Å². The number of aromatic nitrogens is 2. The Kier molecular flexibility index (Phi) is 3.99. The van der Waals surface area contributed by atoms with Crippen LogP contribution in [0.3, 0.4) is 0 Å². The molecule has 1 N–H and O–H groups in total. The van der Waals surface area contributed by atoms with Gasteiger partial charge in [-0.2, -0.15) is 0 Å². The standard InChI is InChI=1S/C19H22N2O2/c1-11(2)23-17-7-6-14(10-18(17)22-5)19-20-15-8-12(3)13(4)9-16(15)21-19/h6-11H,1-5H3,(H,20,21). The van der Waals surface area contributed by atoms with Gasteiger partial charge in [0.05, 0.1) is 24.2 Å². The number of hydrogen-bond donors (Lipinski definition) is 1. The Labute approximate surface area is 136 Å². The minimum Gasteiger partial charge on any atom is -0.493 e. The minimum atomic E-state index is 0.104. The average Bonchev–Trinajstić information content (AvgIpc) is 2.90. The van der Waals surface area contributed by atoms with Crippen molar-refractivity contribution in [3.63, 3.8) is 0 Å². The van der Waals surface area contributed by atoms with Crippen molar-refractivity contribution in [2.75, 3.05) is 7.11 Å². The zero-order chi connectivity index (χ0) is 16.6. The van der Waals surface area contributed by atoms with Crippen LogP contribution in [0, 0.1) is 13.8 Å². The number of hydrogen-bond acceptors (Lipinski definition) is 3. The molecule has 0 spiro atoms. The lowest BCUT2D eigenvalue weighted by atomic mass is 10.1. The van der Waals surface area contributed by atoms with Crippen LogP contribution in [0.15, 0.2) is 30.3 Å². The Morgan fingerprint density at radius 3 is 2.43 bits per heavy atom. The molecule has 0 saturated carbocycles. The predicted molar refractivity (Wildman–Crippen MR) is 93.3 cm³/mol. The summed E-state index contributed by atoms with van der Waals surface area (Å²) in [6.07, 6.45) is 0.104. The number of imidazole rings is 1. The maximum Gasteiger partial charge on any atom is 0.161 e. The zero-order valence-corrected chi connectivity index (χ0v) is 14.2. The Bertz CT molecular complexity index is 811. The van der Waals surface area contributed by atoms with Gasteiger partial charge in [-0.25, -0.2) is 4.98 Å². The highest BCUT2D eigenvalue weighted by molar-refractivity contribution is 5.81. The molecular weight excluding hydrogens is 288 g/mol. The number of aryl methyl sites for hydroxylation is 2. The third-order valence-electron chi connectivity index (χ3n) is 3.90. The van der Waals surface area contributed by atoms with Gasteiger partial charge >= 0.3 is 0 Å². The van der Waals surface area contributed by atoms with Crippen LogP contribution in [-0.4, -0.2) is 23.2 Å². The molecule has 0 aliphatic heterocycles. The molecule has 0 saturated heterocycles. The molecule has 0 unspecified atom stereocenters. The average molecular weight is 310 g/mol. The molecule has 0 radical (unpaired) electrons. The van der Waals surface area contributed by atoms with Crippen molar-refractivity contribution in [2.24, 2.45) is 0 Å². The molecular formula is C19H22N2O2. The Morgan fingerprint density at radius 1 is 1.00 bits per heavy atom. The van der Waals surface area contributed by atoms with Gasteiger partial charge in [-0.05, 0) is 69.2 Å². The smallest absolute Gasteiger partial charge is 0.161 e. The van der Waals surface area contributed by atoms with E-state index in [1.165, 1.54) is 11.1 Å². The molecule has 3 aromatic rings. The first-order valence-corrected chi connectivity index (χ1v) is 7.80. The zero-order valence-electron chi connectivity index (χ0n) is 14.2. The van der Waals surface area contributed by atoms with E-state index in [1.807, 2.05) is 32.0 Å². The van der Waals surface area contributed by atoms with Crippen LogP contribution in [0.5, 0.6) is 11.5 Å². The molecule has 0 fully saturated rings. The van der Waals surface area contributed by atoms with E-state index < -0.39 is 0 Å². The first-order chi connectivity index (χ1) is 11.0. The fourth-order valence-corrected chi connectivity index (χ4v) is 2.57. The van der Waals surface area contributed by atoms with Crippen molar-refractivity contribution in [1.29, 1.82) is 0 Å². The summed E-state index contributed by atoms with van der Waals surface area (Å²) in [5, 5.41) is 0. The lowest BCUT2D eigenvalue weighted by Gasteiger charge is -2.14. The predicted octanol–water partition coefficient (Wildman–Crippen LogP) is 4.64. The number of nitrogens with zero attached hydrogens (tertiary/aromatic N) is 1. The lowest BCUT2D eigenvalue weighted by molar-refractivity contribution is 0.230. The quantitative estimate of drug-likeness (QED) is 0.763. The number of benzene rings is 2. The molecule has 0 bridgehead atoms. The monoisotopic (exact) mass is 310 g/mol. The van der Waals surface area contributed by atoms with Gasteiger partial charge in [0.1, 0.15) is 5.82 Å². The summed E-state index contributed by atoms with van der Waals surface area (Å²) in [6, 6.07) is 10.1. The molecule has 1 heterocycles. The normalized spacial score (nSPS) is 11.2. The second kappa shape index (κ2) is 5.95. The van der Waals surface area contributed by atoms with Crippen molar-refractivity contribution < 1.29 is 9.47 Å². The van der Waals surface area contributed by atoms with E-state index in [0.29, 0.717) is 5.75 Å². The minimum absolute atomic E-state index is 0.104. The Balaban J connectivity index is 2.04. The van der Waals surface area contributed by atoms with Gasteiger partial charge in [0.15, 0.2) is 11.5 Å². The second-order valence-electron chi connectivity index (χ2n) is 6.07. The van der Waals surface area contributed by atoms with Crippen LogP contribution >= 0.6 is 0 Å². The van der Waals surface area contributed by atoms with E-state index in [0.717, 1.165) is 28.2 Å². The highest BCUT2D eigenvalue weighted by Gasteiger charge is 2.12. The lowest BCUT2D eigenvalue weighted by Crippen LogP contribution is -2.06. The summed E-state index contributed by atoms with van der Waals surface area (Å²) in [6.45, 7) is 8.20. The number of methoxy groups -OCH3 is 1. The maximum atomic E-state index is 5.76. The van der Waals surface area contributed by atoms with E-state index in [4.69, 9.17) is 14.5 Å². The van der Waals surface area contributed by atoms with Gasteiger partial charge in [0.2, 0.25) is 0 Å². The summed E-state index contributed by atoms with van der Waals surface area (Å²) < 4.78 is 11.2. The molecule has 4 heteroatoms. The van der Waals surface area contributed by atoms with Crippen molar-refractivity contribution in [3.05, 3.63) is 41.5 Å². The van der Waals surface area contributed by atoms with Crippen LogP contribution < -0.4 is 9.47 Å². The molecule has 0 amide bonds. The van der Waals surface area contributed by atoms with E-state index in [-0.39, 0.29) is 6.10 Å². The number of H-pyrrole nitrogens is 1. The first kappa shape index (κ1) is 15.4. The third kappa shape index (κ3) is 3.02. The fourth-order valence-electron chi connectivity index (χ4n) is 2.57. The number of fused-ring (bicyclic) bond motifs is 1. The van der Waals surface area contributed by atoms with Crippen molar-refractivity contribution >= 4 is 11.0 Å². The molecule has 0 atom stereocenters. The molecule has 0 aliphatic rings. The number of nitrogens with one attached hydrogen (secondary N) is 1. The molecule has 1 aromatic heterocycles. The molecule has 2 aromatic carbocycles. The third-order valence-corrected chi connectivity index (χ3v) is 3.90. The van der Waals surface area contributed by atoms with E-state index in [2.05, 4.69) is 31.0 Å². The second-order valence-corrected chi connectivity index (χ2v) is 6.07. The fraction of sp³-hybridized carbons (Fsp3) is 0.316. The van der Waals surface area contributed by atoms with Gasteiger partial charge < -0.3 is 14.5 Å². The van der Waals surface area contributed by atoms with Crippen LogP contribution in [0.2, 0.25) is 0 Å². The molecule has 23 heavy (non-hydrogen) atoms.